The first-order chi connectivity index (χ1) is 7.97. The van der Waals surface area contributed by atoms with Crippen LogP contribution in [0.4, 0.5) is 0 Å². The van der Waals surface area contributed by atoms with Gasteiger partial charge in [-0.2, -0.15) is 0 Å². The molecule has 0 aliphatic carbocycles. The number of aliphatic hydroxyl groups is 1. The standard InChI is InChI=1S/C8H19NO.C6H6O/c1-5-8(10)7(2)6-9(3)4;7-6-4-2-1-3-5-6/h7-8,10H,5-6H2,1-4H3;1-5,7H. The van der Waals surface area contributed by atoms with Crippen LogP contribution >= 0.6 is 0 Å². The molecule has 2 N–H and O–H groups in total. The quantitative estimate of drug-likeness (QED) is 0.847. The number of aromatic hydroxyl groups is 1. The Hall–Kier alpha value is -1.06. The molecule has 17 heavy (non-hydrogen) atoms. The van der Waals surface area contributed by atoms with Crippen LogP contribution in [0.15, 0.2) is 30.3 Å². The lowest BCUT2D eigenvalue weighted by atomic mass is 10.0. The Morgan fingerprint density at radius 1 is 1.18 bits per heavy atom. The second-order valence-corrected chi connectivity index (χ2v) is 4.55. The summed E-state index contributed by atoms with van der Waals surface area (Å²) < 4.78 is 0. The average molecular weight is 239 g/mol. The van der Waals surface area contributed by atoms with Gasteiger partial charge >= 0.3 is 0 Å². The molecule has 0 saturated heterocycles. The number of nitrogens with zero attached hydrogens (tertiary/aromatic N) is 1. The van der Waals surface area contributed by atoms with Crippen molar-refractivity contribution in [2.75, 3.05) is 20.6 Å². The lowest BCUT2D eigenvalue weighted by molar-refractivity contribution is 0.0964. The number of hydrogen-bond acceptors (Lipinski definition) is 3. The summed E-state index contributed by atoms with van der Waals surface area (Å²) in [5.41, 5.74) is 0. The fraction of sp³-hybridized carbons (Fsp3) is 0.571. The maximum Gasteiger partial charge on any atom is 0.115 e. The molecule has 0 aliphatic rings. The highest BCUT2D eigenvalue weighted by molar-refractivity contribution is 5.18. The summed E-state index contributed by atoms with van der Waals surface area (Å²) in [7, 11) is 4.05. The number of hydrogen-bond donors (Lipinski definition) is 2. The third kappa shape index (κ3) is 8.72. The van der Waals surface area contributed by atoms with Gasteiger partial charge in [-0.05, 0) is 38.6 Å². The first-order valence-electron chi connectivity index (χ1n) is 6.04. The molecule has 0 amide bonds. The average Bonchev–Trinajstić information content (AvgIpc) is 2.29. The van der Waals surface area contributed by atoms with Gasteiger partial charge in [-0.3, -0.25) is 0 Å². The predicted octanol–water partition coefficient (Wildman–Crippen LogP) is 2.35. The van der Waals surface area contributed by atoms with E-state index in [1.807, 2.05) is 27.1 Å². The topological polar surface area (TPSA) is 43.7 Å². The molecule has 0 aromatic heterocycles. The highest BCUT2D eigenvalue weighted by atomic mass is 16.3. The van der Waals surface area contributed by atoms with Gasteiger partial charge in [0.05, 0.1) is 6.10 Å². The smallest absolute Gasteiger partial charge is 0.115 e. The van der Waals surface area contributed by atoms with Crippen molar-refractivity contribution in [1.82, 2.24) is 4.90 Å². The van der Waals surface area contributed by atoms with Gasteiger partial charge in [-0.1, -0.05) is 32.0 Å². The monoisotopic (exact) mass is 239 g/mol. The van der Waals surface area contributed by atoms with Gasteiger partial charge < -0.3 is 15.1 Å². The number of aliphatic hydroxyl groups excluding tert-OH is 1. The molecule has 1 aromatic carbocycles. The minimum Gasteiger partial charge on any atom is -0.508 e. The zero-order chi connectivity index (χ0) is 13.3. The molecule has 1 aromatic rings. The molecule has 0 radical (unpaired) electrons. The second-order valence-electron chi connectivity index (χ2n) is 4.55. The molecule has 1 rings (SSSR count). The van der Waals surface area contributed by atoms with Crippen molar-refractivity contribution in [3.63, 3.8) is 0 Å². The van der Waals surface area contributed by atoms with E-state index in [0.717, 1.165) is 13.0 Å². The number of para-hydroxylation sites is 1. The fourth-order valence-electron chi connectivity index (χ4n) is 1.53. The van der Waals surface area contributed by atoms with Crippen molar-refractivity contribution in [3.05, 3.63) is 30.3 Å². The third-order valence-corrected chi connectivity index (χ3v) is 2.48. The van der Waals surface area contributed by atoms with Gasteiger partial charge in [0.2, 0.25) is 0 Å². The van der Waals surface area contributed by atoms with Gasteiger partial charge in [0, 0.05) is 6.54 Å². The van der Waals surface area contributed by atoms with E-state index < -0.39 is 0 Å². The molecule has 3 nitrogen and oxygen atoms in total. The van der Waals surface area contributed by atoms with E-state index >= 15 is 0 Å². The van der Waals surface area contributed by atoms with Gasteiger partial charge in [-0.25, -0.2) is 0 Å². The van der Waals surface area contributed by atoms with Crippen LogP contribution < -0.4 is 0 Å². The van der Waals surface area contributed by atoms with E-state index in [-0.39, 0.29) is 6.10 Å². The number of phenols is 1. The van der Waals surface area contributed by atoms with Crippen molar-refractivity contribution < 1.29 is 10.2 Å². The van der Waals surface area contributed by atoms with E-state index in [4.69, 9.17) is 5.11 Å². The van der Waals surface area contributed by atoms with E-state index in [1.165, 1.54) is 0 Å². The van der Waals surface area contributed by atoms with Gasteiger partial charge in [0.25, 0.3) is 0 Å². The first-order valence-corrected chi connectivity index (χ1v) is 6.04. The maximum absolute atomic E-state index is 9.35. The van der Waals surface area contributed by atoms with Crippen LogP contribution in [0, 0.1) is 5.92 Å². The Kier molecular flexibility index (Phi) is 8.46. The van der Waals surface area contributed by atoms with Crippen LogP contribution in [0.25, 0.3) is 0 Å². The fourth-order valence-corrected chi connectivity index (χ4v) is 1.53. The summed E-state index contributed by atoms with van der Waals surface area (Å²) >= 11 is 0. The normalized spacial score (nSPS) is 13.8. The highest BCUT2D eigenvalue weighted by Crippen LogP contribution is 2.06. The minimum absolute atomic E-state index is 0.137. The Labute approximate surface area is 105 Å². The summed E-state index contributed by atoms with van der Waals surface area (Å²) in [6, 6.07) is 8.71. The summed E-state index contributed by atoms with van der Waals surface area (Å²) in [5, 5.41) is 18.0. The molecule has 2 atom stereocenters. The van der Waals surface area contributed by atoms with E-state index in [0.29, 0.717) is 11.7 Å². The lowest BCUT2D eigenvalue weighted by Crippen LogP contribution is -2.28. The minimum atomic E-state index is -0.137. The Morgan fingerprint density at radius 2 is 1.71 bits per heavy atom. The molecule has 0 saturated carbocycles. The highest BCUT2D eigenvalue weighted by Gasteiger charge is 2.11. The van der Waals surface area contributed by atoms with Crippen LogP contribution in [0.3, 0.4) is 0 Å². The molecular weight excluding hydrogens is 214 g/mol. The van der Waals surface area contributed by atoms with Gasteiger partial charge in [-0.15, -0.1) is 0 Å². The molecule has 0 heterocycles. The predicted molar refractivity (Wildman–Crippen MR) is 72.1 cm³/mol. The second kappa shape index (κ2) is 9.02. The third-order valence-electron chi connectivity index (χ3n) is 2.48. The summed E-state index contributed by atoms with van der Waals surface area (Å²) in [6.07, 6.45) is 0.719. The molecule has 0 aliphatic heterocycles. The molecule has 3 heteroatoms. The summed E-state index contributed by atoms with van der Waals surface area (Å²) in [4.78, 5) is 2.10. The Bertz CT molecular complexity index is 275. The van der Waals surface area contributed by atoms with Gasteiger partial charge in [0.15, 0.2) is 0 Å². The molecule has 2 unspecified atom stereocenters. The first kappa shape index (κ1) is 15.9. The van der Waals surface area contributed by atoms with Crippen molar-refractivity contribution in [1.29, 1.82) is 0 Å². The van der Waals surface area contributed by atoms with Crippen LogP contribution in [0.1, 0.15) is 20.3 Å². The zero-order valence-corrected chi connectivity index (χ0v) is 11.3. The van der Waals surface area contributed by atoms with Crippen molar-refractivity contribution in [2.24, 2.45) is 5.92 Å². The zero-order valence-electron chi connectivity index (χ0n) is 11.3. The molecular formula is C14H25NO2. The summed E-state index contributed by atoms with van der Waals surface area (Å²) in [6.45, 7) is 5.06. The maximum atomic E-state index is 9.35. The van der Waals surface area contributed by atoms with Crippen LogP contribution in [0.2, 0.25) is 0 Å². The van der Waals surface area contributed by atoms with Gasteiger partial charge in [0.1, 0.15) is 5.75 Å². The Morgan fingerprint density at radius 3 is 2.00 bits per heavy atom. The number of benzene rings is 1. The molecule has 0 fully saturated rings. The number of phenolic OH excluding ortho intramolecular Hbond substituents is 1. The lowest BCUT2D eigenvalue weighted by Gasteiger charge is -2.20. The van der Waals surface area contributed by atoms with Crippen LogP contribution in [-0.4, -0.2) is 41.9 Å². The molecule has 0 bridgehead atoms. The van der Waals surface area contributed by atoms with Crippen molar-refractivity contribution in [2.45, 2.75) is 26.4 Å². The molecule has 0 spiro atoms. The largest absolute Gasteiger partial charge is 0.508 e. The van der Waals surface area contributed by atoms with E-state index in [9.17, 15) is 5.11 Å². The summed E-state index contributed by atoms with van der Waals surface area (Å²) in [5.74, 6) is 0.711. The Balaban J connectivity index is 0.000000318. The number of rotatable bonds is 4. The van der Waals surface area contributed by atoms with Crippen molar-refractivity contribution in [3.8, 4) is 5.75 Å². The van der Waals surface area contributed by atoms with Crippen LogP contribution in [0.5, 0.6) is 5.75 Å². The van der Waals surface area contributed by atoms with E-state index in [1.54, 1.807) is 24.3 Å². The van der Waals surface area contributed by atoms with Crippen LogP contribution in [-0.2, 0) is 0 Å². The van der Waals surface area contributed by atoms with Crippen molar-refractivity contribution >= 4 is 0 Å². The SMILES string of the molecule is CCC(O)C(C)CN(C)C.Oc1ccccc1. The van der Waals surface area contributed by atoms with E-state index in [2.05, 4.69) is 11.8 Å². The molecule has 98 valence electrons.